The molecular formula is C14H22ClNO. The van der Waals surface area contributed by atoms with E-state index in [1.54, 1.807) is 0 Å². The SMILES string of the molecule is CCCOc1c(C(C)C)cc(Cl)cc1C(C)N. The normalized spacial score (nSPS) is 12.9. The molecule has 0 radical (unpaired) electrons. The number of hydrogen-bond donors (Lipinski definition) is 1. The first-order valence-electron chi connectivity index (χ1n) is 6.19. The van der Waals surface area contributed by atoms with E-state index < -0.39 is 0 Å². The van der Waals surface area contributed by atoms with E-state index in [1.165, 1.54) is 0 Å². The van der Waals surface area contributed by atoms with Gasteiger partial charge in [0, 0.05) is 16.6 Å². The predicted molar refractivity (Wildman–Crippen MR) is 73.9 cm³/mol. The maximum absolute atomic E-state index is 6.13. The minimum absolute atomic E-state index is 0.0712. The molecule has 0 aliphatic heterocycles. The Bertz CT molecular complexity index is 345. The Morgan fingerprint density at radius 1 is 1.24 bits per heavy atom. The van der Waals surface area contributed by atoms with Crippen molar-refractivity contribution in [3.8, 4) is 5.75 Å². The molecule has 0 saturated carbocycles. The van der Waals surface area contributed by atoms with Gasteiger partial charge in [-0.2, -0.15) is 0 Å². The molecule has 1 unspecified atom stereocenters. The van der Waals surface area contributed by atoms with Crippen LogP contribution in [0.15, 0.2) is 12.1 Å². The Morgan fingerprint density at radius 3 is 2.29 bits per heavy atom. The second-order valence-electron chi connectivity index (χ2n) is 4.71. The van der Waals surface area contributed by atoms with Gasteiger partial charge in [0.15, 0.2) is 0 Å². The van der Waals surface area contributed by atoms with Crippen molar-refractivity contribution >= 4 is 11.6 Å². The second-order valence-corrected chi connectivity index (χ2v) is 5.14. The van der Waals surface area contributed by atoms with Crippen LogP contribution < -0.4 is 10.5 Å². The van der Waals surface area contributed by atoms with Crippen molar-refractivity contribution < 1.29 is 4.74 Å². The highest BCUT2D eigenvalue weighted by atomic mass is 35.5. The van der Waals surface area contributed by atoms with Crippen LogP contribution in [0.4, 0.5) is 0 Å². The smallest absolute Gasteiger partial charge is 0.127 e. The van der Waals surface area contributed by atoms with Gasteiger partial charge in [-0.1, -0.05) is 32.4 Å². The average Bonchev–Trinajstić information content (AvgIpc) is 2.26. The molecule has 3 heteroatoms. The molecule has 0 saturated heterocycles. The highest BCUT2D eigenvalue weighted by molar-refractivity contribution is 6.30. The lowest BCUT2D eigenvalue weighted by atomic mass is 9.96. The van der Waals surface area contributed by atoms with Gasteiger partial charge in [-0.05, 0) is 37.0 Å². The molecule has 0 heterocycles. The van der Waals surface area contributed by atoms with E-state index >= 15 is 0 Å². The molecular weight excluding hydrogens is 234 g/mol. The molecule has 1 aromatic rings. The summed E-state index contributed by atoms with van der Waals surface area (Å²) in [7, 11) is 0. The lowest BCUT2D eigenvalue weighted by Gasteiger charge is -2.20. The Labute approximate surface area is 109 Å². The van der Waals surface area contributed by atoms with Gasteiger partial charge in [-0.25, -0.2) is 0 Å². The summed E-state index contributed by atoms with van der Waals surface area (Å²) >= 11 is 6.13. The number of ether oxygens (including phenoxy) is 1. The fourth-order valence-electron chi connectivity index (χ4n) is 1.77. The third-order valence-corrected chi connectivity index (χ3v) is 2.89. The van der Waals surface area contributed by atoms with E-state index in [0.29, 0.717) is 12.5 Å². The minimum Gasteiger partial charge on any atom is -0.493 e. The van der Waals surface area contributed by atoms with Crippen LogP contribution in [0.3, 0.4) is 0 Å². The van der Waals surface area contributed by atoms with Gasteiger partial charge >= 0.3 is 0 Å². The summed E-state index contributed by atoms with van der Waals surface area (Å²) in [6, 6.07) is 3.81. The number of nitrogens with two attached hydrogens (primary N) is 1. The number of hydrogen-bond acceptors (Lipinski definition) is 2. The number of halogens is 1. The van der Waals surface area contributed by atoms with E-state index in [-0.39, 0.29) is 6.04 Å². The molecule has 0 bridgehead atoms. The largest absolute Gasteiger partial charge is 0.493 e. The molecule has 0 aromatic heterocycles. The van der Waals surface area contributed by atoms with Gasteiger partial charge < -0.3 is 10.5 Å². The zero-order chi connectivity index (χ0) is 13.0. The summed E-state index contributed by atoms with van der Waals surface area (Å²) < 4.78 is 5.86. The van der Waals surface area contributed by atoms with Crippen molar-refractivity contribution in [2.75, 3.05) is 6.61 Å². The van der Waals surface area contributed by atoms with Crippen LogP contribution in [0.1, 0.15) is 57.2 Å². The first kappa shape index (κ1) is 14.3. The van der Waals surface area contributed by atoms with E-state index in [2.05, 4.69) is 20.8 Å². The minimum atomic E-state index is -0.0712. The molecule has 0 spiro atoms. The summed E-state index contributed by atoms with van der Waals surface area (Å²) in [5.41, 5.74) is 8.12. The first-order valence-corrected chi connectivity index (χ1v) is 6.56. The van der Waals surface area contributed by atoms with Crippen molar-refractivity contribution in [3.05, 3.63) is 28.3 Å². The molecule has 1 rings (SSSR count). The van der Waals surface area contributed by atoms with E-state index in [0.717, 1.165) is 28.3 Å². The zero-order valence-electron chi connectivity index (χ0n) is 11.1. The van der Waals surface area contributed by atoms with Gasteiger partial charge in [0.05, 0.1) is 6.61 Å². The first-order chi connectivity index (χ1) is 7.97. The second kappa shape index (κ2) is 6.27. The molecule has 0 fully saturated rings. The highest BCUT2D eigenvalue weighted by Crippen LogP contribution is 2.36. The maximum atomic E-state index is 6.13. The number of rotatable bonds is 5. The topological polar surface area (TPSA) is 35.2 Å². The van der Waals surface area contributed by atoms with Crippen molar-refractivity contribution in [1.82, 2.24) is 0 Å². The predicted octanol–water partition coefficient (Wildman–Crippen LogP) is 4.27. The van der Waals surface area contributed by atoms with E-state index in [9.17, 15) is 0 Å². The molecule has 2 N–H and O–H groups in total. The molecule has 0 aliphatic carbocycles. The van der Waals surface area contributed by atoms with Crippen molar-refractivity contribution in [3.63, 3.8) is 0 Å². The standard InChI is InChI=1S/C14H22ClNO/c1-5-6-17-14-12(9(2)3)7-11(15)8-13(14)10(4)16/h7-10H,5-6,16H2,1-4H3. The quantitative estimate of drug-likeness (QED) is 0.853. The van der Waals surface area contributed by atoms with Crippen LogP contribution in [-0.4, -0.2) is 6.61 Å². The highest BCUT2D eigenvalue weighted by Gasteiger charge is 2.16. The van der Waals surface area contributed by atoms with Gasteiger partial charge in [0.2, 0.25) is 0 Å². The van der Waals surface area contributed by atoms with Crippen LogP contribution in [0.5, 0.6) is 5.75 Å². The number of benzene rings is 1. The third kappa shape index (κ3) is 3.62. The van der Waals surface area contributed by atoms with E-state index in [1.807, 2.05) is 19.1 Å². The monoisotopic (exact) mass is 255 g/mol. The van der Waals surface area contributed by atoms with Crippen molar-refractivity contribution in [2.24, 2.45) is 5.73 Å². The van der Waals surface area contributed by atoms with E-state index in [4.69, 9.17) is 22.1 Å². The summed E-state index contributed by atoms with van der Waals surface area (Å²) in [6.45, 7) is 9.02. The lowest BCUT2D eigenvalue weighted by molar-refractivity contribution is 0.308. The summed E-state index contributed by atoms with van der Waals surface area (Å²) in [6.07, 6.45) is 0.985. The third-order valence-electron chi connectivity index (χ3n) is 2.67. The van der Waals surface area contributed by atoms with Gasteiger partial charge in [-0.15, -0.1) is 0 Å². The van der Waals surface area contributed by atoms with Crippen LogP contribution in [0, 0.1) is 0 Å². The molecule has 0 amide bonds. The fourth-order valence-corrected chi connectivity index (χ4v) is 2.01. The molecule has 1 atom stereocenters. The molecule has 96 valence electrons. The Hall–Kier alpha value is -0.730. The van der Waals surface area contributed by atoms with Crippen LogP contribution in [-0.2, 0) is 0 Å². The molecule has 2 nitrogen and oxygen atoms in total. The zero-order valence-corrected chi connectivity index (χ0v) is 11.8. The average molecular weight is 256 g/mol. The summed E-state index contributed by atoms with van der Waals surface area (Å²) in [5.74, 6) is 1.29. The Kier molecular flexibility index (Phi) is 5.29. The van der Waals surface area contributed by atoms with Crippen molar-refractivity contribution in [2.45, 2.75) is 46.1 Å². The Balaban J connectivity index is 3.26. The maximum Gasteiger partial charge on any atom is 0.127 e. The van der Waals surface area contributed by atoms with Crippen LogP contribution >= 0.6 is 11.6 Å². The van der Waals surface area contributed by atoms with Crippen molar-refractivity contribution in [1.29, 1.82) is 0 Å². The molecule has 17 heavy (non-hydrogen) atoms. The fraction of sp³-hybridized carbons (Fsp3) is 0.571. The van der Waals surface area contributed by atoms with Crippen LogP contribution in [0.2, 0.25) is 5.02 Å². The van der Waals surface area contributed by atoms with Gasteiger partial charge in [0.25, 0.3) is 0 Å². The summed E-state index contributed by atoms with van der Waals surface area (Å²) in [4.78, 5) is 0. The summed E-state index contributed by atoms with van der Waals surface area (Å²) in [5, 5.41) is 0.727. The molecule has 0 aliphatic rings. The van der Waals surface area contributed by atoms with Gasteiger partial charge in [-0.3, -0.25) is 0 Å². The molecule has 1 aromatic carbocycles. The lowest BCUT2D eigenvalue weighted by Crippen LogP contribution is -2.11. The van der Waals surface area contributed by atoms with Gasteiger partial charge in [0.1, 0.15) is 5.75 Å². The van der Waals surface area contributed by atoms with Crippen LogP contribution in [0.25, 0.3) is 0 Å². The Morgan fingerprint density at radius 2 is 1.82 bits per heavy atom.